The third-order valence-corrected chi connectivity index (χ3v) is 2.50. The van der Waals surface area contributed by atoms with Gasteiger partial charge in [0.25, 0.3) is 0 Å². The summed E-state index contributed by atoms with van der Waals surface area (Å²) in [6.07, 6.45) is 3.02. The molecule has 0 aliphatic carbocycles. The van der Waals surface area contributed by atoms with Gasteiger partial charge in [0.15, 0.2) is 0 Å². The zero-order valence-corrected chi connectivity index (χ0v) is 10.6. The lowest BCUT2D eigenvalue weighted by Crippen LogP contribution is -2.17. The monoisotopic (exact) mass is 225 g/mol. The second-order valence-corrected chi connectivity index (χ2v) is 3.84. The Labute approximate surface area is 98.0 Å². The first-order chi connectivity index (χ1) is 7.79. The van der Waals surface area contributed by atoms with E-state index in [1.165, 1.54) is 5.69 Å². The summed E-state index contributed by atoms with van der Waals surface area (Å²) in [7, 11) is 0. The van der Waals surface area contributed by atoms with Crippen LogP contribution in [0.1, 0.15) is 31.8 Å². The number of nitrogens with one attached hydrogen (secondary N) is 1. The summed E-state index contributed by atoms with van der Waals surface area (Å²) in [5.74, 6) is 1.06. The smallest absolute Gasteiger partial charge is 0.105 e. The fourth-order valence-electron chi connectivity index (χ4n) is 1.62. The Hall–Kier alpha value is -0.870. The Kier molecular flexibility index (Phi) is 6.11. The standard InChI is InChI=1S/C12H23N3O/c1-4-7-16-8-6-15-11(3)14-10-12(15)9-13-5-2/h10,13H,4-9H2,1-3H3. The van der Waals surface area contributed by atoms with E-state index >= 15 is 0 Å². The van der Waals surface area contributed by atoms with Crippen LogP contribution >= 0.6 is 0 Å². The molecule has 0 saturated carbocycles. The maximum atomic E-state index is 5.50. The number of imidazole rings is 1. The van der Waals surface area contributed by atoms with Crippen molar-refractivity contribution in [1.29, 1.82) is 0 Å². The lowest BCUT2D eigenvalue weighted by Gasteiger charge is -2.10. The first-order valence-electron chi connectivity index (χ1n) is 6.09. The number of ether oxygens (including phenoxy) is 1. The quantitative estimate of drug-likeness (QED) is 0.685. The van der Waals surface area contributed by atoms with Crippen molar-refractivity contribution >= 4 is 0 Å². The minimum Gasteiger partial charge on any atom is -0.380 e. The Morgan fingerprint density at radius 1 is 1.38 bits per heavy atom. The zero-order valence-electron chi connectivity index (χ0n) is 10.6. The van der Waals surface area contributed by atoms with Gasteiger partial charge in [0.1, 0.15) is 5.82 Å². The van der Waals surface area contributed by atoms with Gasteiger partial charge >= 0.3 is 0 Å². The molecular formula is C12H23N3O. The van der Waals surface area contributed by atoms with Gasteiger partial charge in [0.05, 0.1) is 12.3 Å². The van der Waals surface area contributed by atoms with Gasteiger partial charge in [-0.2, -0.15) is 0 Å². The van der Waals surface area contributed by atoms with Crippen molar-refractivity contribution < 1.29 is 4.74 Å². The summed E-state index contributed by atoms with van der Waals surface area (Å²) in [5.41, 5.74) is 1.24. The van der Waals surface area contributed by atoms with Gasteiger partial charge in [-0.15, -0.1) is 0 Å². The molecule has 0 unspecified atom stereocenters. The lowest BCUT2D eigenvalue weighted by atomic mass is 10.4. The van der Waals surface area contributed by atoms with Crippen LogP contribution in [-0.2, 0) is 17.8 Å². The maximum absolute atomic E-state index is 5.50. The fraction of sp³-hybridized carbons (Fsp3) is 0.750. The van der Waals surface area contributed by atoms with Crippen molar-refractivity contribution in [3.63, 3.8) is 0 Å². The van der Waals surface area contributed by atoms with E-state index in [4.69, 9.17) is 4.74 Å². The molecule has 4 heteroatoms. The van der Waals surface area contributed by atoms with Gasteiger partial charge in [-0.25, -0.2) is 4.98 Å². The number of rotatable bonds is 8. The largest absolute Gasteiger partial charge is 0.380 e. The molecule has 0 atom stereocenters. The van der Waals surface area contributed by atoms with E-state index in [1.54, 1.807) is 0 Å². The van der Waals surface area contributed by atoms with E-state index in [0.717, 1.165) is 45.1 Å². The molecule has 0 spiro atoms. The first kappa shape index (κ1) is 13.2. The molecule has 0 bridgehead atoms. The lowest BCUT2D eigenvalue weighted by molar-refractivity contribution is 0.126. The Morgan fingerprint density at radius 3 is 2.88 bits per heavy atom. The van der Waals surface area contributed by atoms with Gasteiger partial charge in [-0.05, 0) is 19.9 Å². The summed E-state index contributed by atoms with van der Waals surface area (Å²) in [6, 6.07) is 0. The van der Waals surface area contributed by atoms with Crippen LogP contribution in [0.4, 0.5) is 0 Å². The molecule has 0 fully saturated rings. The number of hydrogen-bond donors (Lipinski definition) is 1. The molecular weight excluding hydrogens is 202 g/mol. The fourth-order valence-corrected chi connectivity index (χ4v) is 1.62. The highest BCUT2D eigenvalue weighted by molar-refractivity contribution is 5.04. The van der Waals surface area contributed by atoms with Crippen LogP contribution < -0.4 is 5.32 Å². The van der Waals surface area contributed by atoms with Crippen molar-refractivity contribution in [2.45, 2.75) is 40.3 Å². The van der Waals surface area contributed by atoms with Gasteiger partial charge in [0, 0.05) is 25.9 Å². The van der Waals surface area contributed by atoms with E-state index in [0.29, 0.717) is 0 Å². The molecule has 0 saturated heterocycles. The minimum atomic E-state index is 0.768. The SMILES string of the molecule is CCCOCCn1c(CNCC)cnc1C. The molecule has 0 amide bonds. The van der Waals surface area contributed by atoms with Gasteiger partial charge < -0.3 is 14.6 Å². The molecule has 4 nitrogen and oxygen atoms in total. The Bertz CT molecular complexity index is 296. The van der Waals surface area contributed by atoms with Crippen LogP contribution in [0.25, 0.3) is 0 Å². The molecule has 1 rings (SSSR count). The number of nitrogens with zero attached hydrogens (tertiary/aromatic N) is 2. The third-order valence-electron chi connectivity index (χ3n) is 2.50. The molecule has 92 valence electrons. The normalized spacial score (nSPS) is 10.9. The Morgan fingerprint density at radius 2 is 2.19 bits per heavy atom. The van der Waals surface area contributed by atoms with Crippen LogP contribution in [0.3, 0.4) is 0 Å². The van der Waals surface area contributed by atoms with E-state index in [9.17, 15) is 0 Å². The van der Waals surface area contributed by atoms with Gasteiger partial charge in [-0.1, -0.05) is 13.8 Å². The summed E-state index contributed by atoms with van der Waals surface area (Å²) in [5, 5.41) is 3.32. The first-order valence-corrected chi connectivity index (χ1v) is 6.09. The molecule has 16 heavy (non-hydrogen) atoms. The summed E-state index contributed by atoms with van der Waals surface area (Å²) >= 11 is 0. The van der Waals surface area contributed by atoms with E-state index in [2.05, 4.69) is 28.7 Å². The molecule has 1 N–H and O–H groups in total. The topological polar surface area (TPSA) is 39.1 Å². The highest BCUT2D eigenvalue weighted by Crippen LogP contribution is 2.04. The molecule has 0 radical (unpaired) electrons. The zero-order chi connectivity index (χ0) is 11.8. The maximum Gasteiger partial charge on any atom is 0.105 e. The van der Waals surface area contributed by atoms with Crippen LogP contribution in [0.5, 0.6) is 0 Å². The van der Waals surface area contributed by atoms with Crippen molar-refractivity contribution in [1.82, 2.24) is 14.9 Å². The van der Waals surface area contributed by atoms with Crippen LogP contribution in [-0.4, -0.2) is 29.3 Å². The third kappa shape index (κ3) is 3.94. The molecule has 1 heterocycles. The van der Waals surface area contributed by atoms with Crippen LogP contribution in [0.15, 0.2) is 6.20 Å². The Balaban J connectivity index is 2.45. The highest BCUT2D eigenvalue weighted by Gasteiger charge is 2.05. The minimum absolute atomic E-state index is 0.768. The summed E-state index contributed by atoms with van der Waals surface area (Å²) in [6.45, 7) is 10.6. The summed E-state index contributed by atoms with van der Waals surface area (Å²) in [4.78, 5) is 4.34. The van der Waals surface area contributed by atoms with Crippen molar-refractivity contribution in [2.24, 2.45) is 0 Å². The number of aryl methyl sites for hydroxylation is 1. The second-order valence-electron chi connectivity index (χ2n) is 3.84. The molecule has 0 aliphatic heterocycles. The van der Waals surface area contributed by atoms with Crippen LogP contribution in [0.2, 0.25) is 0 Å². The molecule has 0 aliphatic rings. The van der Waals surface area contributed by atoms with Crippen molar-refractivity contribution in [3.8, 4) is 0 Å². The number of aromatic nitrogens is 2. The highest BCUT2D eigenvalue weighted by atomic mass is 16.5. The van der Waals surface area contributed by atoms with Gasteiger partial charge in [-0.3, -0.25) is 0 Å². The molecule has 1 aromatic rings. The predicted molar refractivity (Wildman–Crippen MR) is 65.5 cm³/mol. The van der Waals surface area contributed by atoms with Crippen molar-refractivity contribution in [2.75, 3.05) is 19.8 Å². The van der Waals surface area contributed by atoms with Crippen molar-refractivity contribution in [3.05, 3.63) is 17.7 Å². The average Bonchev–Trinajstić information content (AvgIpc) is 2.63. The predicted octanol–water partition coefficient (Wildman–Crippen LogP) is 1.73. The van der Waals surface area contributed by atoms with Gasteiger partial charge in [0.2, 0.25) is 0 Å². The van der Waals surface area contributed by atoms with Crippen LogP contribution in [0, 0.1) is 6.92 Å². The molecule has 0 aromatic carbocycles. The average molecular weight is 225 g/mol. The second kappa shape index (κ2) is 7.41. The van der Waals surface area contributed by atoms with E-state index < -0.39 is 0 Å². The van der Waals surface area contributed by atoms with E-state index in [1.807, 2.05) is 13.1 Å². The van der Waals surface area contributed by atoms with E-state index in [-0.39, 0.29) is 0 Å². The number of hydrogen-bond acceptors (Lipinski definition) is 3. The summed E-state index contributed by atoms with van der Waals surface area (Å²) < 4.78 is 7.72. The molecule has 1 aromatic heterocycles.